The Morgan fingerprint density at radius 1 is 1.23 bits per heavy atom. The van der Waals surface area contributed by atoms with Crippen molar-refractivity contribution < 1.29 is 5.11 Å². The van der Waals surface area contributed by atoms with Crippen molar-refractivity contribution in [3.63, 3.8) is 0 Å². The molecule has 2 aromatic rings. The molecule has 3 rings (SSSR count). The number of benzene rings is 1. The molecule has 0 unspecified atom stereocenters. The van der Waals surface area contributed by atoms with E-state index in [0.717, 1.165) is 35.8 Å². The number of aliphatic imine (C=N–C) groups is 1. The molecule has 1 aromatic carbocycles. The lowest BCUT2D eigenvalue weighted by atomic mass is 9.88. The predicted octanol–water partition coefficient (Wildman–Crippen LogP) is 3.77. The van der Waals surface area contributed by atoms with Crippen molar-refractivity contribution in [2.75, 3.05) is 7.05 Å². The van der Waals surface area contributed by atoms with Gasteiger partial charge in [-0.25, -0.2) is 4.98 Å². The van der Waals surface area contributed by atoms with E-state index in [9.17, 15) is 5.11 Å². The van der Waals surface area contributed by atoms with E-state index in [2.05, 4.69) is 33.6 Å². The summed E-state index contributed by atoms with van der Waals surface area (Å²) in [7, 11) is 1.76. The second-order valence-corrected chi connectivity index (χ2v) is 7.46. The van der Waals surface area contributed by atoms with Crippen molar-refractivity contribution in [3.05, 3.63) is 44.9 Å². The molecule has 0 atom stereocenters. The van der Waals surface area contributed by atoms with Crippen LogP contribution in [0, 0.1) is 0 Å². The first kappa shape index (κ1) is 21.0. The molecule has 1 aromatic heterocycles. The number of thiazole rings is 1. The van der Waals surface area contributed by atoms with Gasteiger partial charge in [0.05, 0.1) is 6.54 Å². The van der Waals surface area contributed by atoms with Crippen molar-refractivity contribution in [1.29, 1.82) is 0 Å². The molecule has 142 valence electrons. The van der Waals surface area contributed by atoms with Crippen molar-refractivity contribution in [2.45, 2.75) is 52.1 Å². The fourth-order valence-corrected chi connectivity index (χ4v) is 4.04. The van der Waals surface area contributed by atoms with Crippen molar-refractivity contribution in [1.82, 2.24) is 15.6 Å². The maximum absolute atomic E-state index is 10.3. The Morgan fingerprint density at radius 3 is 2.73 bits per heavy atom. The molecular weight excluding hydrogens is 459 g/mol. The second-order valence-electron chi connectivity index (χ2n) is 6.26. The molecule has 0 saturated heterocycles. The summed E-state index contributed by atoms with van der Waals surface area (Å²) in [6.45, 7) is 3.37. The van der Waals surface area contributed by atoms with E-state index < -0.39 is 0 Å². The van der Waals surface area contributed by atoms with E-state index in [1.54, 1.807) is 18.4 Å². The summed E-state index contributed by atoms with van der Waals surface area (Å²) in [6.07, 6.45) is 7.54. The Hall–Kier alpha value is -1.35. The van der Waals surface area contributed by atoms with Crippen LogP contribution in [0.2, 0.25) is 0 Å². The summed E-state index contributed by atoms with van der Waals surface area (Å²) in [5.41, 5.74) is 3.68. The molecule has 0 amide bonds. The van der Waals surface area contributed by atoms with E-state index in [-0.39, 0.29) is 24.0 Å². The van der Waals surface area contributed by atoms with E-state index in [0.29, 0.717) is 18.8 Å². The lowest BCUT2D eigenvalue weighted by molar-refractivity contribution is 0.464. The van der Waals surface area contributed by atoms with Crippen LogP contribution >= 0.6 is 35.3 Å². The number of nitrogens with zero attached hydrogens (tertiary/aromatic N) is 2. The van der Waals surface area contributed by atoms with Gasteiger partial charge in [-0.3, -0.25) is 4.99 Å². The number of aromatic hydroxyl groups is 1. The Bertz CT molecular complexity index is 760. The number of phenolic OH excluding ortho intramolecular Hbond substituents is 1. The van der Waals surface area contributed by atoms with Crippen LogP contribution in [-0.2, 0) is 32.4 Å². The molecule has 1 aliphatic carbocycles. The highest BCUT2D eigenvalue weighted by Gasteiger charge is 2.16. The molecule has 1 aliphatic rings. The molecule has 0 bridgehead atoms. The number of rotatable bonds is 5. The number of halogens is 1. The van der Waals surface area contributed by atoms with Gasteiger partial charge in [0, 0.05) is 30.2 Å². The average Bonchev–Trinajstić information content (AvgIpc) is 3.11. The van der Waals surface area contributed by atoms with Gasteiger partial charge in [0.25, 0.3) is 0 Å². The molecule has 0 spiro atoms. The number of nitrogens with one attached hydrogen (secondary N) is 2. The number of guanidine groups is 1. The third kappa shape index (κ3) is 5.09. The van der Waals surface area contributed by atoms with Crippen molar-refractivity contribution >= 4 is 41.3 Å². The molecule has 0 radical (unpaired) electrons. The van der Waals surface area contributed by atoms with Gasteiger partial charge in [-0.1, -0.05) is 13.0 Å². The van der Waals surface area contributed by atoms with Crippen LogP contribution < -0.4 is 10.6 Å². The number of phenols is 1. The smallest absolute Gasteiger partial charge is 0.191 e. The maximum atomic E-state index is 10.3. The Kier molecular flexibility index (Phi) is 8.15. The molecule has 0 fully saturated rings. The first-order chi connectivity index (χ1) is 12.2. The first-order valence-corrected chi connectivity index (χ1v) is 9.73. The van der Waals surface area contributed by atoms with Crippen LogP contribution in [0.3, 0.4) is 0 Å². The zero-order chi connectivity index (χ0) is 17.6. The number of hydrogen-bond donors (Lipinski definition) is 3. The summed E-state index contributed by atoms with van der Waals surface area (Å²) in [4.78, 5) is 9.99. The van der Waals surface area contributed by atoms with Gasteiger partial charge in [0.1, 0.15) is 10.8 Å². The standard InChI is InChI=1S/C19H26N4OS.HI/c1-3-14-10-21-18(25-14)12-23-19(20-2)22-11-16-15-7-5-4-6-13(15)8-9-17(16)24;/h8-10,24H,3-7,11-12H2,1-2H3,(H2,20,22,23);1H. The van der Waals surface area contributed by atoms with Gasteiger partial charge in [0.15, 0.2) is 5.96 Å². The van der Waals surface area contributed by atoms with E-state index in [1.165, 1.54) is 28.8 Å². The minimum absolute atomic E-state index is 0. The number of fused-ring (bicyclic) bond motifs is 1. The number of hydrogen-bond acceptors (Lipinski definition) is 4. The Labute approximate surface area is 176 Å². The van der Waals surface area contributed by atoms with Crippen LogP contribution in [0.15, 0.2) is 23.3 Å². The molecule has 5 nitrogen and oxygen atoms in total. The van der Waals surface area contributed by atoms with Gasteiger partial charge in [-0.15, -0.1) is 35.3 Å². The monoisotopic (exact) mass is 486 g/mol. The summed E-state index contributed by atoms with van der Waals surface area (Å²) in [6, 6.07) is 3.88. The van der Waals surface area contributed by atoms with Crippen LogP contribution in [0.4, 0.5) is 0 Å². The molecule has 0 aliphatic heterocycles. The van der Waals surface area contributed by atoms with Crippen LogP contribution in [0.25, 0.3) is 0 Å². The largest absolute Gasteiger partial charge is 0.508 e. The summed E-state index contributed by atoms with van der Waals surface area (Å²) < 4.78 is 0. The maximum Gasteiger partial charge on any atom is 0.191 e. The van der Waals surface area contributed by atoms with Crippen molar-refractivity contribution in [3.8, 4) is 5.75 Å². The van der Waals surface area contributed by atoms with Gasteiger partial charge in [0.2, 0.25) is 0 Å². The first-order valence-electron chi connectivity index (χ1n) is 8.92. The third-order valence-corrected chi connectivity index (χ3v) is 5.78. The molecule has 26 heavy (non-hydrogen) atoms. The molecule has 1 heterocycles. The molecule has 0 saturated carbocycles. The minimum atomic E-state index is 0. The number of aromatic nitrogens is 1. The van der Waals surface area contributed by atoms with Gasteiger partial charge < -0.3 is 15.7 Å². The SMILES string of the molecule is CCc1cnc(CNC(=NC)NCc2c(O)ccc3c2CCCC3)s1.I. The van der Waals surface area contributed by atoms with Gasteiger partial charge >= 0.3 is 0 Å². The van der Waals surface area contributed by atoms with Gasteiger partial charge in [-0.05, 0) is 49.3 Å². The summed E-state index contributed by atoms with van der Waals surface area (Å²) in [5, 5.41) is 18.0. The Balaban J connectivity index is 0.00000243. The van der Waals surface area contributed by atoms with E-state index >= 15 is 0 Å². The van der Waals surface area contributed by atoms with Gasteiger partial charge in [-0.2, -0.15) is 0 Å². The zero-order valence-corrected chi connectivity index (χ0v) is 18.5. The highest BCUT2D eigenvalue weighted by atomic mass is 127. The van der Waals surface area contributed by atoms with Crippen LogP contribution in [0.5, 0.6) is 5.75 Å². The predicted molar refractivity (Wildman–Crippen MR) is 119 cm³/mol. The second kappa shape index (κ2) is 10.1. The summed E-state index contributed by atoms with van der Waals surface area (Å²) >= 11 is 1.72. The highest BCUT2D eigenvalue weighted by molar-refractivity contribution is 14.0. The minimum Gasteiger partial charge on any atom is -0.508 e. The lowest BCUT2D eigenvalue weighted by Gasteiger charge is -2.21. The topological polar surface area (TPSA) is 69.5 Å². The third-order valence-electron chi connectivity index (χ3n) is 4.64. The van der Waals surface area contributed by atoms with Crippen molar-refractivity contribution in [2.24, 2.45) is 4.99 Å². The quantitative estimate of drug-likeness (QED) is 0.342. The lowest BCUT2D eigenvalue weighted by Crippen LogP contribution is -2.36. The number of aryl methyl sites for hydroxylation is 2. The highest BCUT2D eigenvalue weighted by Crippen LogP contribution is 2.30. The molecular formula is C19H27IN4OS. The van der Waals surface area contributed by atoms with E-state index in [4.69, 9.17) is 0 Å². The van der Waals surface area contributed by atoms with Crippen LogP contribution in [-0.4, -0.2) is 23.1 Å². The zero-order valence-electron chi connectivity index (χ0n) is 15.3. The summed E-state index contributed by atoms with van der Waals surface area (Å²) in [5.74, 6) is 1.09. The molecule has 7 heteroatoms. The average molecular weight is 486 g/mol. The fraction of sp³-hybridized carbons (Fsp3) is 0.474. The molecule has 3 N–H and O–H groups in total. The normalized spacial score (nSPS) is 13.7. The fourth-order valence-electron chi connectivity index (χ4n) is 3.23. The van der Waals surface area contributed by atoms with E-state index in [1.807, 2.05) is 12.3 Å². The van der Waals surface area contributed by atoms with Crippen LogP contribution in [0.1, 0.15) is 46.3 Å². The Morgan fingerprint density at radius 2 is 2.00 bits per heavy atom.